The zero-order valence-corrected chi connectivity index (χ0v) is 4.16. The molecule has 1 saturated carbocycles. The highest BCUT2D eigenvalue weighted by Gasteiger charge is 2.46. The molecule has 0 heterocycles. The second kappa shape index (κ2) is 1.87. The highest BCUT2D eigenvalue weighted by Crippen LogP contribution is 2.16. The van der Waals surface area contributed by atoms with Crippen LogP contribution in [0.5, 0.6) is 0 Å². The Balaban J connectivity index is 0.000000490. The van der Waals surface area contributed by atoms with Crippen LogP contribution >= 0.6 is 0 Å². The molecule has 0 amide bonds. The zero-order valence-electron chi connectivity index (χ0n) is 4.16. The smallest absolute Gasteiger partial charge is 0.277 e. The van der Waals surface area contributed by atoms with Crippen molar-refractivity contribution in [3.8, 4) is 0 Å². The Kier molecular flexibility index (Phi) is 1.64. The van der Waals surface area contributed by atoms with Gasteiger partial charge in [0.25, 0.3) is 6.04 Å². The van der Waals surface area contributed by atoms with Gasteiger partial charge < -0.3 is 6.15 Å². The Hall–Kier alpha value is -0.970. The predicted molar refractivity (Wildman–Crippen MR) is 25.4 cm³/mol. The summed E-state index contributed by atoms with van der Waals surface area (Å²) in [6.45, 7) is 0. The zero-order chi connectivity index (χ0) is 5.44. The van der Waals surface area contributed by atoms with Gasteiger partial charge in [-0.2, -0.15) is 0 Å². The molecule has 0 aromatic heterocycles. The van der Waals surface area contributed by atoms with Crippen LogP contribution in [0.2, 0.25) is 0 Å². The van der Waals surface area contributed by atoms with Crippen LogP contribution in [-0.4, -0.2) is 16.7 Å². The predicted octanol–water partition coefficient (Wildman–Crippen LogP) is -0.234. The van der Waals surface area contributed by atoms with Crippen molar-refractivity contribution >= 4 is 5.78 Å². The highest BCUT2D eigenvalue weighted by molar-refractivity contribution is 5.98. The average molecular weight is 118 g/mol. The molecule has 1 atom stereocenters. The largest absolute Gasteiger partial charge is 0.344 e. The van der Waals surface area contributed by atoms with Crippen LogP contribution < -0.4 is 6.15 Å². The molecule has 46 valence electrons. The van der Waals surface area contributed by atoms with E-state index in [4.69, 9.17) is 0 Å². The first-order valence-corrected chi connectivity index (χ1v) is 1.88. The topological polar surface area (TPSA) is 95.2 Å². The molecule has 1 unspecified atom stereocenters. The molecule has 0 aliphatic heterocycles. The molecule has 0 bridgehead atoms. The van der Waals surface area contributed by atoms with E-state index in [9.17, 15) is 14.9 Å². The number of hydrogen-bond donors (Lipinski definition) is 1. The highest BCUT2D eigenvalue weighted by atomic mass is 16.6. The van der Waals surface area contributed by atoms with E-state index < -0.39 is 11.0 Å². The minimum atomic E-state index is -0.847. The first-order valence-electron chi connectivity index (χ1n) is 1.88. The Morgan fingerprint density at radius 2 is 2.12 bits per heavy atom. The van der Waals surface area contributed by atoms with Gasteiger partial charge in [-0.15, -0.1) is 0 Å². The normalized spacial score (nSPS) is 24.0. The number of hydrogen-bond acceptors (Lipinski definition) is 4. The molecule has 1 aliphatic carbocycles. The summed E-state index contributed by atoms with van der Waals surface area (Å²) in [5.74, 6) is -0.245. The van der Waals surface area contributed by atoms with Gasteiger partial charge in [-0.3, -0.25) is 14.9 Å². The van der Waals surface area contributed by atoms with Crippen molar-refractivity contribution in [1.82, 2.24) is 6.15 Å². The summed E-state index contributed by atoms with van der Waals surface area (Å²) in [5.41, 5.74) is 0. The minimum absolute atomic E-state index is 0. The summed E-state index contributed by atoms with van der Waals surface area (Å²) in [6, 6.07) is -0.847. The number of carbonyl (C=O) groups excluding carboxylic acids is 1. The Bertz CT molecular complexity index is 132. The Morgan fingerprint density at radius 3 is 2.12 bits per heavy atom. The summed E-state index contributed by atoms with van der Waals surface area (Å²) < 4.78 is 0. The SMILES string of the molecule is N.O=C1CC1[N+](=O)[O-]. The first kappa shape index (κ1) is 7.03. The molecule has 5 nitrogen and oxygen atoms in total. The van der Waals surface area contributed by atoms with Gasteiger partial charge in [0.15, 0.2) is 0 Å². The lowest BCUT2D eigenvalue weighted by Crippen LogP contribution is -2.01. The number of Topliss-reactive ketones (excluding diaryl/α,β-unsaturated/α-hetero) is 1. The Morgan fingerprint density at radius 1 is 1.75 bits per heavy atom. The van der Waals surface area contributed by atoms with E-state index in [2.05, 4.69) is 0 Å². The van der Waals surface area contributed by atoms with Crippen molar-refractivity contribution in [2.45, 2.75) is 12.5 Å². The van der Waals surface area contributed by atoms with Gasteiger partial charge in [0.1, 0.15) is 0 Å². The van der Waals surface area contributed by atoms with E-state index in [1.54, 1.807) is 0 Å². The third-order valence-electron chi connectivity index (χ3n) is 0.861. The summed E-state index contributed by atoms with van der Waals surface area (Å²) in [6.07, 6.45) is 0.146. The van der Waals surface area contributed by atoms with Crippen LogP contribution in [0.1, 0.15) is 6.42 Å². The van der Waals surface area contributed by atoms with Gasteiger partial charge in [-0.05, 0) is 0 Å². The van der Waals surface area contributed by atoms with Crippen molar-refractivity contribution < 1.29 is 9.72 Å². The fourth-order valence-corrected chi connectivity index (χ4v) is 0.324. The van der Waals surface area contributed by atoms with Crippen molar-refractivity contribution in [3.05, 3.63) is 10.1 Å². The number of nitrogens with zero attached hydrogens (tertiary/aromatic N) is 1. The lowest BCUT2D eigenvalue weighted by molar-refractivity contribution is -0.488. The van der Waals surface area contributed by atoms with E-state index in [1.807, 2.05) is 0 Å². The van der Waals surface area contributed by atoms with Crippen molar-refractivity contribution in [1.29, 1.82) is 0 Å². The molecule has 8 heavy (non-hydrogen) atoms. The van der Waals surface area contributed by atoms with Crippen LogP contribution in [0, 0.1) is 10.1 Å². The average Bonchev–Trinajstić information content (AvgIpc) is 2.17. The van der Waals surface area contributed by atoms with Crippen molar-refractivity contribution in [3.63, 3.8) is 0 Å². The van der Waals surface area contributed by atoms with Gasteiger partial charge in [-0.25, -0.2) is 0 Å². The molecule has 0 aromatic rings. The standard InChI is InChI=1S/C3H3NO3.H3N/c5-3-1-2(3)4(6)7;/h2H,1H2;1H3. The van der Waals surface area contributed by atoms with E-state index in [1.165, 1.54) is 0 Å². The van der Waals surface area contributed by atoms with E-state index in [0.717, 1.165) is 0 Å². The molecule has 0 saturated heterocycles. The quantitative estimate of drug-likeness (QED) is 0.380. The second-order valence-corrected chi connectivity index (χ2v) is 1.47. The number of nitro groups is 1. The van der Waals surface area contributed by atoms with Crippen molar-refractivity contribution in [2.75, 3.05) is 0 Å². The van der Waals surface area contributed by atoms with E-state index in [-0.39, 0.29) is 18.4 Å². The maximum absolute atomic E-state index is 9.89. The molecule has 1 aliphatic rings. The van der Waals surface area contributed by atoms with Crippen molar-refractivity contribution in [2.24, 2.45) is 0 Å². The fraction of sp³-hybridized carbons (Fsp3) is 0.667. The molecule has 0 radical (unpaired) electrons. The lowest BCUT2D eigenvalue weighted by Gasteiger charge is -1.75. The summed E-state index contributed by atoms with van der Waals surface area (Å²) in [5, 5.41) is 9.56. The monoisotopic (exact) mass is 118 g/mol. The molecule has 3 N–H and O–H groups in total. The molecule has 5 heteroatoms. The van der Waals surface area contributed by atoms with Crippen LogP contribution in [0.3, 0.4) is 0 Å². The van der Waals surface area contributed by atoms with Gasteiger partial charge in [0, 0.05) is 4.92 Å². The van der Waals surface area contributed by atoms with Crippen LogP contribution in [0.4, 0.5) is 0 Å². The van der Waals surface area contributed by atoms with Crippen LogP contribution in [-0.2, 0) is 4.79 Å². The van der Waals surface area contributed by atoms with E-state index >= 15 is 0 Å². The van der Waals surface area contributed by atoms with Crippen LogP contribution in [0.25, 0.3) is 0 Å². The Labute approximate surface area is 45.4 Å². The third kappa shape index (κ3) is 1.00. The van der Waals surface area contributed by atoms with Gasteiger partial charge >= 0.3 is 0 Å². The number of rotatable bonds is 1. The summed E-state index contributed by atoms with van der Waals surface area (Å²) >= 11 is 0. The maximum atomic E-state index is 9.89. The molecular weight excluding hydrogens is 112 g/mol. The molecule has 0 spiro atoms. The summed E-state index contributed by atoms with van der Waals surface area (Å²) in [4.78, 5) is 18.9. The fourth-order valence-electron chi connectivity index (χ4n) is 0.324. The van der Waals surface area contributed by atoms with E-state index in [0.29, 0.717) is 0 Å². The van der Waals surface area contributed by atoms with Gasteiger partial charge in [-0.1, -0.05) is 0 Å². The lowest BCUT2D eigenvalue weighted by atomic mass is 10.8. The molecule has 1 fully saturated rings. The third-order valence-corrected chi connectivity index (χ3v) is 0.861. The van der Waals surface area contributed by atoms with Gasteiger partial charge in [0.05, 0.1) is 6.42 Å². The molecule has 0 aromatic carbocycles. The second-order valence-electron chi connectivity index (χ2n) is 1.47. The molecular formula is C3H6N2O3. The summed E-state index contributed by atoms with van der Waals surface area (Å²) in [7, 11) is 0. The first-order chi connectivity index (χ1) is 3.22. The van der Waals surface area contributed by atoms with Crippen LogP contribution in [0.15, 0.2) is 0 Å². The number of carbonyl (C=O) groups is 1. The number of ketones is 1. The maximum Gasteiger partial charge on any atom is 0.277 e. The molecule has 1 rings (SSSR count). The minimum Gasteiger partial charge on any atom is -0.344 e. The van der Waals surface area contributed by atoms with Gasteiger partial charge in [0.2, 0.25) is 5.78 Å².